The summed E-state index contributed by atoms with van der Waals surface area (Å²) in [5.74, 6) is 0.214. The van der Waals surface area contributed by atoms with Crippen molar-refractivity contribution in [1.29, 1.82) is 0 Å². The van der Waals surface area contributed by atoms with E-state index in [4.69, 9.17) is 4.74 Å². The molecule has 0 aliphatic carbocycles. The molecular weight excluding hydrogens is 480 g/mol. The van der Waals surface area contributed by atoms with Crippen molar-refractivity contribution in [3.8, 4) is 0 Å². The lowest BCUT2D eigenvalue weighted by molar-refractivity contribution is -0.0422. The lowest BCUT2D eigenvalue weighted by Gasteiger charge is -2.44. The molecule has 3 heterocycles. The van der Waals surface area contributed by atoms with Gasteiger partial charge < -0.3 is 9.64 Å². The first-order chi connectivity index (χ1) is 16.0. The van der Waals surface area contributed by atoms with Gasteiger partial charge in [-0.25, -0.2) is 0 Å². The number of ether oxygens (including phenoxy) is 1. The van der Waals surface area contributed by atoms with Gasteiger partial charge in [-0.1, -0.05) is 47.1 Å². The van der Waals surface area contributed by atoms with Crippen molar-refractivity contribution in [3.63, 3.8) is 0 Å². The van der Waals surface area contributed by atoms with Gasteiger partial charge in [-0.15, -0.1) is 0 Å². The van der Waals surface area contributed by atoms with E-state index in [9.17, 15) is 9.59 Å². The Balaban J connectivity index is 1.63. The second-order valence-electron chi connectivity index (χ2n) is 9.27. The molecule has 0 fully saturated rings. The molecule has 2 aliphatic heterocycles. The fraction of sp³-hybridized carbons (Fsp3) is 0.407. The third-order valence-corrected chi connectivity index (χ3v) is 8.10. The number of hydrogen-bond acceptors (Lipinski definition) is 3. The van der Waals surface area contributed by atoms with Crippen LogP contribution in [0.1, 0.15) is 65.1 Å². The molecule has 5 rings (SSSR count). The van der Waals surface area contributed by atoms with Gasteiger partial charge in [0.15, 0.2) is 0 Å². The van der Waals surface area contributed by atoms with Crippen LogP contribution in [0.3, 0.4) is 0 Å². The van der Waals surface area contributed by atoms with E-state index in [1.807, 2.05) is 51.9 Å². The molecule has 5 nitrogen and oxygen atoms in total. The zero-order valence-electron chi connectivity index (χ0n) is 19.1. The van der Waals surface area contributed by atoms with E-state index in [0.717, 1.165) is 45.9 Å². The number of para-hydroxylation sites is 1. The fourth-order valence-electron chi connectivity index (χ4n) is 5.95. The van der Waals surface area contributed by atoms with Crippen molar-refractivity contribution in [2.24, 2.45) is 5.41 Å². The molecule has 2 aromatic carbocycles. The topological polar surface area (TPSA) is 51.5 Å². The molecule has 2 bridgehead atoms. The zero-order valence-corrected chi connectivity index (χ0v) is 20.7. The number of amides is 1. The molecular formula is C27H29BrN2O3. The van der Waals surface area contributed by atoms with Gasteiger partial charge in [0.2, 0.25) is 5.91 Å². The quantitative estimate of drug-likeness (QED) is 0.435. The van der Waals surface area contributed by atoms with Crippen LogP contribution in [0.25, 0.3) is 10.9 Å². The first kappa shape index (κ1) is 22.4. The predicted molar refractivity (Wildman–Crippen MR) is 133 cm³/mol. The Kier molecular flexibility index (Phi) is 5.91. The number of benzene rings is 2. The summed E-state index contributed by atoms with van der Waals surface area (Å²) in [5.41, 5.74) is 3.52. The number of carbonyl (C=O) groups is 2. The van der Waals surface area contributed by atoms with E-state index in [-0.39, 0.29) is 23.3 Å². The molecule has 33 heavy (non-hydrogen) atoms. The van der Waals surface area contributed by atoms with E-state index >= 15 is 0 Å². The van der Waals surface area contributed by atoms with Crippen LogP contribution >= 0.6 is 15.9 Å². The number of rotatable bonds is 3. The average Bonchev–Trinajstić information content (AvgIpc) is 3.15. The number of carbonyl (C=O) groups excluding carboxylic acids is 2. The molecule has 3 aromatic rings. The van der Waals surface area contributed by atoms with Crippen molar-refractivity contribution in [2.75, 3.05) is 20.2 Å². The Hall–Kier alpha value is -2.44. The van der Waals surface area contributed by atoms with E-state index < -0.39 is 0 Å². The highest BCUT2D eigenvalue weighted by Crippen LogP contribution is 2.52. The molecule has 2 atom stereocenters. The molecule has 2 aliphatic rings. The zero-order chi connectivity index (χ0) is 23.2. The monoisotopic (exact) mass is 508 g/mol. The molecule has 0 saturated carbocycles. The molecule has 172 valence electrons. The Bertz CT molecular complexity index is 1230. The van der Waals surface area contributed by atoms with Crippen molar-refractivity contribution in [1.82, 2.24) is 9.47 Å². The molecule has 1 amide bonds. The summed E-state index contributed by atoms with van der Waals surface area (Å²) in [6.45, 7) is 3.44. The van der Waals surface area contributed by atoms with Gasteiger partial charge in [-0.05, 0) is 55.5 Å². The van der Waals surface area contributed by atoms with E-state index in [0.29, 0.717) is 31.5 Å². The van der Waals surface area contributed by atoms with Gasteiger partial charge in [0, 0.05) is 47.5 Å². The molecule has 6 heteroatoms. The maximum absolute atomic E-state index is 13.5. The maximum Gasteiger partial charge on any atom is 0.253 e. The van der Waals surface area contributed by atoms with Crippen LogP contribution in [-0.4, -0.2) is 41.5 Å². The number of hydrogen-bond donors (Lipinski definition) is 0. The number of methoxy groups -OCH3 is 1. The third-order valence-electron chi connectivity index (χ3n) is 7.61. The Morgan fingerprint density at radius 1 is 1.18 bits per heavy atom. The number of fused-ring (bicyclic) bond motifs is 4. The summed E-state index contributed by atoms with van der Waals surface area (Å²) in [5, 5.41) is 1.09. The Morgan fingerprint density at radius 2 is 2.00 bits per heavy atom. The standard InChI is InChI=1S/C27H29BrN2O3/c1-3-27-13-7-14-29(26(32)18-8-6-9-19(28)16-18)15-12-21-20-10-4-5-11-22(20)30(23(31)17-27)24(21)25(27)33-2/h4-6,8-11,16,25H,3,7,12-15,17H2,1-2H3/t25-,27+/m1/s1. The Labute approximate surface area is 202 Å². The van der Waals surface area contributed by atoms with Crippen LogP contribution in [0.2, 0.25) is 0 Å². The van der Waals surface area contributed by atoms with Crippen molar-refractivity contribution in [2.45, 2.75) is 45.1 Å². The van der Waals surface area contributed by atoms with Crippen LogP contribution in [-0.2, 0) is 11.2 Å². The van der Waals surface area contributed by atoms with E-state index in [1.165, 1.54) is 0 Å². The van der Waals surface area contributed by atoms with Crippen molar-refractivity contribution >= 4 is 38.6 Å². The largest absolute Gasteiger partial charge is 0.375 e. The summed E-state index contributed by atoms with van der Waals surface area (Å²) in [6, 6.07) is 15.7. The minimum absolute atomic E-state index is 0.0562. The van der Waals surface area contributed by atoms with Crippen molar-refractivity contribution in [3.05, 3.63) is 69.8 Å². The van der Waals surface area contributed by atoms with E-state index in [1.54, 1.807) is 7.11 Å². The van der Waals surface area contributed by atoms with Crippen LogP contribution in [0.15, 0.2) is 53.0 Å². The molecule has 1 aromatic heterocycles. The predicted octanol–water partition coefficient (Wildman–Crippen LogP) is 6.01. The maximum atomic E-state index is 13.5. The van der Waals surface area contributed by atoms with Crippen LogP contribution in [0.5, 0.6) is 0 Å². The highest BCUT2D eigenvalue weighted by atomic mass is 79.9. The summed E-state index contributed by atoms with van der Waals surface area (Å²) in [7, 11) is 1.77. The van der Waals surface area contributed by atoms with E-state index in [2.05, 4.69) is 28.9 Å². The second-order valence-corrected chi connectivity index (χ2v) is 10.2. The first-order valence-electron chi connectivity index (χ1n) is 11.7. The van der Waals surface area contributed by atoms with Crippen LogP contribution in [0.4, 0.5) is 0 Å². The molecule has 0 unspecified atom stereocenters. The molecule has 0 N–H and O–H groups in total. The SMILES string of the molecule is CC[C@]12CCCN(C(=O)c3cccc(Br)c3)CCc3c(n(c4ccccc34)C(=O)C1)[C@H]2OC. The second kappa shape index (κ2) is 8.73. The minimum atomic E-state index is -0.257. The molecule has 0 radical (unpaired) electrons. The number of halogens is 1. The van der Waals surface area contributed by atoms with Gasteiger partial charge in [-0.3, -0.25) is 14.2 Å². The minimum Gasteiger partial charge on any atom is -0.375 e. The summed E-state index contributed by atoms with van der Waals surface area (Å²) in [6.07, 6.45) is 3.57. The lowest BCUT2D eigenvalue weighted by Crippen LogP contribution is -2.43. The summed E-state index contributed by atoms with van der Waals surface area (Å²) in [4.78, 5) is 28.9. The Morgan fingerprint density at radius 3 is 2.76 bits per heavy atom. The average molecular weight is 509 g/mol. The van der Waals surface area contributed by atoms with Gasteiger partial charge in [0.1, 0.15) is 6.10 Å². The fourth-order valence-corrected chi connectivity index (χ4v) is 6.35. The summed E-state index contributed by atoms with van der Waals surface area (Å²) >= 11 is 3.49. The number of aromatic nitrogens is 1. The van der Waals surface area contributed by atoms with Crippen LogP contribution in [0, 0.1) is 5.41 Å². The highest BCUT2D eigenvalue weighted by molar-refractivity contribution is 9.10. The normalized spacial score (nSPS) is 23.1. The van der Waals surface area contributed by atoms with Crippen LogP contribution < -0.4 is 0 Å². The smallest absolute Gasteiger partial charge is 0.253 e. The molecule has 0 spiro atoms. The summed E-state index contributed by atoms with van der Waals surface area (Å²) < 4.78 is 8.96. The lowest BCUT2D eigenvalue weighted by atomic mass is 9.69. The molecule has 0 saturated heterocycles. The highest BCUT2D eigenvalue weighted by Gasteiger charge is 2.48. The third kappa shape index (κ3) is 3.64. The first-order valence-corrected chi connectivity index (χ1v) is 12.5. The van der Waals surface area contributed by atoms with Gasteiger partial charge in [0.05, 0.1) is 11.2 Å². The van der Waals surface area contributed by atoms with Gasteiger partial charge in [0.25, 0.3) is 5.91 Å². The van der Waals surface area contributed by atoms with Crippen molar-refractivity contribution < 1.29 is 14.3 Å². The van der Waals surface area contributed by atoms with Gasteiger partial charge >= 0.3 is 0 Å². The number of nitrogens with zero attached hydrogens (tertiary/aromatic N) is 2. The van der Waals surface area contributed by atoms with Gasteiger partial charge in [-0.2, -0.15) is 0 Å².